The number of carbonyl (C=O) groups is 1. The van der Waals surface area contributed by atoms with E-state index in [1.807, 2.05) is 0 Å². The van der Waals surface area contributed by atoms with Gasteiger partial charge in [0.1, 0.15) is 0 Å². The van der Waals surface area contributed by atoms with E-state index >= 15 is 0 Å². The van der Waals surface area contributed by atoms with Crippen LogP contribution in [0.5, 0.6) is 5.75 Å². The van der Waals surface area contributed by atoms with Crippen LogP contribution in [0.3, 0.4) is 0 Å². The lowest BCUT2D eigenvalue weighted by atomic mass is 10.2. The standard InChI is InChI=1S/C17H12F10N2O3S/c1-2-33-11-5-8(15(20,21)22)3-4-9(11)29-6-10(12(28-29)13(30)31)32-7-14(18,19)16(23,24)17(25,26)27/h3-6H,2,7H2,1H3,(H,30,31). The van der Waals surface area contributed by atoms with E-state index in [1.54, 1.807) is 6.92 Å². The molecule has 16 heteroatoms. The highest BCUT2D eigenvalue weighted by Crippen LogP contribution is 2.46. The Labute approximate surface area is 182 Å². The molecule has 1 aromatic heterocycles. The van der Waals surface area contributed by atoms with Crippen LogP contribution in [0.1, 0.15) is 23.0 Å². The van der Waals surface area contributed by atoms with Crippen LogP contribution in [0, 0.1) is 0 Å². The summed E-state index contributed by atoms with van der Waals surface area (Å²) in [5.41, 5.74) is -2.36. The highest BCUT2D eigenvalue weighted by atomic mass is 32.2. The summed E-state index contributed by atoms with van der Waals surface area (Å²) in [6.07, 6.45) is -10.8. The Hall–Kier alpha value is -2.65. The summed E-state index contributed by atoms with van der Waals surface area (Å²) >= 11 is 0.881. The highest BCUT2D eigenvalue weighted by Gasteiger charge is 2.73. The maximum atomic E-state index is 13.5. The predicted molar refractivity (Wildman–Crippen MR) is 93.4 cm³/mol. The topological polar surface area (TPSA) is 64.3 Å². The summed E-state index contributed by atoms with van der Waals surface area (Å²) in [6.45, 7) is -0.979. The van der Waals surface area contributed by atoms with Gasteiger partial charge in [0.15, 0.2) is 12.4 Å². The molecule has 1 aromatic carbocycles. The van der Waals surface area contributed by atoms with Gasteiger partial charge >= 0.3 is 30.2 Å². The van der Waals surface area contributed by atoms with Gasteiger partial charge in [-0.3, -0.25) is 0 Å². The zero-order valence-corrected chi connectivity index (χ0v) is 16.9. The third kappa shape index (κ3) is 5.47. The van der Waals surface area contributed by atoms with Crippen LogP contribution in [0.4, 0.5) is 43.9 Å². The Morgan fingerprint density at radius 2 is 1.70 bits per heavy atom. The molecule has 0 spiro atoms. The first-order valence-corrected chi connectivity index (χ1v) is 9.53. The van der Waals surface area contributed by atoms with Gasteiger partial charge in [0.05, 0.1) is 17.4 Å². The first kappa shape index (κ1) is 26.6. The lowest BCUT2D eigenvalue weighted by Crippen LogP contribution is -2.54. The number of halogens is 10. The molecule has 0 saturated heterocycles. The summed E-state index contributed by atoms with van der Waals surface area (Å²) < 4.78 is 134. The van der Waals surface area contributed by atoms with Crippen molar-refractivity contribution in [1.29, 1.82) is 0 Å². The van der Waals surface area contributed by atoms with Gasteiger partial charge in [0, 0.05) is 4.90 Å². The number of rotatable bonds is 8. The van der Waals surface area contributed by atoms with Gasteiger partial charge in [-0.2, -0.15) is 49.0 Å². The molecule has 0 amide bonds. The van der Waals surface area contributed by atoms with Crippen molar-refractivity contribution >= 4 is 17.7 Å². The van der Waals surface area contributed by atoms with E-state index < -0.39 is 53.8 Å². The van der Waals surface area contributed by atoms with Crippen LogP contribution in [0.15, 0.2) is 29.3 Å². The lowest BCUT2D eigenvalue weighted by molar-refractivity contribution is -0.358. The number of nitrogens with zero attached hydrogens (tertiary/aromatic N) is 2. The zero-order valence-electron chi connectivity index (χ0n) is 16.1. The normalized spacial score (nSPS) is 13.3. The number of carboxylic acids is 1. The quantitative estimate of drug-likeness (QED) is 0.351. The number of aromatic carboxylic acids is 1. The van der Waals surface area contributed by atoms with E-state index in [0.717, 1.165) is 17.8 Å². The minimum Gasteiger partial charge on any atom is -0.483 e. The van der Waals surface area contributed by atoms with Gasteiger partial charge in [-0.25, -0.2) is 9.48 Å². The molecule has 184 valence electrons. The van der Waals surface area contributed by atoms with Crippen LogP contribution >= 0.6 is 11.8 Å². The summed E-state index contributed by atoms with van der Waals surface area (Å²) in [5, 5.41) is 12.6. The SMILES string of the molecule is CCSc1cc(C(F)(F)F)ccc1-n1cc(OCC(F)(F)C(F)(F)C(F)(F)F)c(C(=O)O)n1. The Morgan fingerprint density at radius 1 is 1.09 bits per heavy atom. The minimum atomic E-state index is -6.62. The second-order valence-electron chi connectivity index (χ2n) is 6.27. The van der Waals surface area contributed by atoms with E-state index in [0.29, 0.717) is 23.0 Å². The molecule has 2 rings (SSSR count). The number of thioether (sulfide) groups is 1. The molecule has 0 aliphatic heterocycles. The fourth-order valence-electron chi connectivity index (χ4n) is 2.35. The Balaban J connectivity index is 2.46. The molecule has 0 saturated carbocycles. The predicted octanol–water partition coefficient (Wildman–Crippen LogP) is 5.91. The first-order valence-electron chi connectivity index (χ1n) is 8.55. The van der Waals surface area contributed by atoms with Crippen molar-refractivity contribution in [1.82, 2.24) is 9.78 Å². The van der Waals surface area contributed by atoms with Crippen molar-refractivity contribution in [2.45, 2.75) is 36.0 Å². The molecule has 0 aliphatic carbocycles. The molecule has 0 fully saturated rings. The van der Waals surface area contributed by atoms with Crippen molar-refractivity contribution in [3.05, 3.63) is 35.7 Å². The molecule has 5 nitrogen and oxygen atoms in total. The molecule has 1 N–H and O–H groups in total. The van der Waals surface area contributed by atoms with Gasteiger partial charge in [-0.05, 0) is 24.0 Å². The third-order valence-electron chi connectivity index (χ3n) is 3.94. The summed E-state index contributed by atoms with van der Waals surface area (Å²) in [4.78, 5) is 11.3. The Morgan fingerprint density at radius 3 is 2.18 bits per heavy atom. The van der Waals surface area contributed by atoms with E-state index in [-0.39, 0.29) is 16.3 Å². The van der Waals surface area contributed by atoms with Crippen molar-refractivity contribution in [2.75, 3.05) is 12.4 Å². The maximum Gasteiger partial charge on any atom is 0.460 e. The average Bonchev–Trinajstić information content (AvgIpc) is 3.09. The van der Waals surface area contributed by atoms with E-state index in [9.17, 15) is 48.7 Å². The van der Waals surface area contributed by atoms with Crippen LogP contribution in [-0.4, -0.2) is 51.2 Å². The lowest BCUT2D eigenvalue weighted by Gasteiger charge is -2.27. The monoisotopic (exact) mass is 514 g/mol. The van der Waals surface area contributed by atoms with Crippen molar-refractivity contribution < 1.29 is 58.5 Å². The molecule has 0 unspecified atom stereocenters. The molecule has 0 bridgehead atoms. The third-order valence-corrected chi connectivity index (χ3v) is 4.87. The molecule has 0 radical (unpaired) electrons. The van der Waals surface area contributed by atoms with Gasteiger partial charge < -0.3 is 9.84 Å². The second kappa shape index (κ2) is 8.95. The van der Waals surface area contributed by atoms with Gasteiger partial charge in [-0.1, -0.05) is 6.92 Å². The first-order chi connectivity index (χ1) is 14.9. The highest BCUT2D eigenvalue weighted by molar-refractivity contribution is 7.99. The largest absolute Gasteiger partial charge is 0.483 e. The smallest absolute Gasteiger partial charge is 0.460 e. The number of carboxylic acid groups (broad SMARTS) is 1. The summed E-state index contributed by atoms with van der Waals surface area (Å²) in [6, 6.07) is 2.22. The fourth-order valence-corrected chi connectivity index (χ4v) is 3.18. The number of hydrogen-bond acceptors (Lipinski definition) is 4. The maximum absolute atomic E-state index is 13.5. The number of ether oxygens (including phenoxy) is 1. The van der Waals surface area contributed by atoms with Crippen LogP contribution < -0.4 is 4.74 Å². The molecule has 0 aliphatic rings. The second-order valence-corrected chi connectivity index (χ2v) is 7.58. The fraction of sp³-hybridized carbons (Fsp3) is 0.412. The molecule has 33 heavy (non-hydrogen) atoms. The van der Waals surface area contributed by atoms with Gasteiger partial charge in [0.2, 0.25) is 5.69 Å². The number of aromatic nitrogens is 2. The van der Waals surface area contributed by atoms with Gasteiger partial charge in [-0.15, -0.1) is 11.8 Å². The summed E-state index contributed by atoms with van der Waals surface area (Å²) in [5.74, 6) is -15.0. The van der Waals surface area contributed by atoms with Crippen LogP contribution in [0.25, 0.3) is 5.69 Å². The van der Waals surface area contributed by atoms with Crippen LogP contribution in [-0.2, 0) is 6.18 Å². The van der Waals surface area contributed by atoms with E-state index in [4.69, 9.17) is 5.11 Å². The Bertz CT molecular complexity index is 1020. The molecular formula is C17H12F10N2O3S. The number of benzene rings is 1. The van der Waals surface area contributed by atoms with E-state index in [2.05, 4.69) is 9.84 Å². The Kier molecular flexibility index (Phi) is 7.21. The van der Waals surface area contributed by atoms with Crippen molar-refractivity contribution in [3.8, 4) is 11.4 Å². The van der Waals surface area contributed by atoms with Gasteiger partial charge in [0.25, 0.3) is 0 Å². The molecular weight excluding hydrogens is 502 g/mol. The summed E-state index contributed by atoms with van der Waals surface area (Å²) in [7, 11) is 0. The average molecular weight is 514 g/mol. The van der Waals surface area contributed by atoms with E-state index in [1.165, 1.54) is 0 Å². The molecule has 1 heterocycles. The molecule has 2 aromatic rings. The number of alkyl halides is 10. The van der Waals surface area contributed by atoms with Crippen molar-refractivity contribution in [3.63, 3.8) is 0 Å². The zero-order chi connectivity index (χ0) is 25.4. The number of hydrogen-bond donors (Lipinski definition) is 1. The van der Waals surface area contributed by atoms with Crippen molar-refractivity contribution in [2.24, 2.45) is 0 Å². The molecule has 0 atom stereocenters. The van der Waals surface area contributed by atoms with Crippen LogP contribution in [0.2, 0.25) is 0 Å². The minimum absolute atomic E-state index is 0.0627.